The van der Waals surface area contributed by atoms with E-state index in [1.807, 2.05) is 36.4 Å². The van der Waals surface area contributed by atoms with Crippen LogP contribution < -0.4 is 0 Å². The molecule has 2 rings (SSSR count). The summed E-state index contributed by atoms with van der Waals surface area (Å²) in [4.78, 5) is 0.534. The largest absolute Gasteiger partial charge is 0.223 e. The predicted octanol–water partition coefficient (Wildman–Crippen LogP) is 3.55. The number of sulfone groups is 1. The number of hydrogen-bond acceptors (Lipinski definition) is 2. The van der Waals surface area contributed by atoms with Crippen LogP contribution in [-0.2, 0) is 9.84 Å². The average molecular weight is 280 g/mol. The molecule has 1 aromatic carbocycles. The Morgan fingerprint density at radius 1 is 1.17 bits per heavy atom. The van der Waals surface area contributed by atoms with E-state index in [0.717, 1.165) is 11.6 Å². The van der Waals surface area contributed by atoms with Gasteiger partial charge in [-0.1, -0.05) is 56.0 Å². The van der Waals surface area contributed by atoms with Crippen molar-refractivity contribution in [3.63, 3.8) is 0 Å². The Morgan fingerprint density at radius 3 is 2.33 bits per heavy atom. The van der Waals surface area contributed by atoms with Gasteiger partial charge in [0.15, 0.2) is 9.84 Å². The molecule has 0 N–H and O–H groups in total. The van der Waals surface area contributed by atoms with Gasteiger partial charge in [0.05, 0.1) is 10.2 Å². The summed E-state index contributed by atoms with van der Waals surface area (Å²) in [6.45, 7) is 6.68. The van der Waals surface area contributed by atoms with Crippen LogP contribution in [0.25, 0.3) is 4.91 Å². The quantitative estimate of drug-likeness (QED) is 0.793. The maximum Gasteiger partial charge on any atom is 0.181 e. The van der Waals surface area contributed by atoms with Crippen molar-refractivity contribution in [2.75, 3.05) is 0 Å². The van der Waals surface area contributed by atoms with E-state index in [2.05, 4.69) is 19.6 Å². The maximum atomic E-state index is 12.5. The van der Waals surface area contributed by atoms with Crippen molar-refractivity contribution in [1.29, 1.82) is 0 Å². The number of rotatable bonds is 3. The minimum Gasteiger partial charge on any atom is -0.223 e. The van der Waals surface area contributed by atoms with Gasteiger partial charge in [0.2, 0.25) is 0 Å². The van der Waals surface area contributed by atoms with E-state index in [1.165, 1.54) is 0 Å². The third-order valence-electron chi connectivity index (χ3n) is 3.21. The van der Waals surface area contributed by atoms with Crippen molar-refractivity contribution < 1.29 is 8.42 Å². The van der Waals surface area contributed by atoms with Crippen LogP contribution in [0.3, 0.4) is 0 Å². The lowest BCUT2D eigenvalue weighted by atomic mass is 10.2. The molecule has 0 fully saturated rings. The summed E-state index contributed by atoms with van der Waals surface area (Å²) < 4.78 is 25.1. The first kappa shape index (κ1) is 13.6. The molecule has 0 radical (unpaired) electrons. The van der Waals surface area contributed by atoms with Crippen molar-refractivity contribution in [1.82, 2.24) is 0 Å². The van der Waals surface area contributed by atoms with Crippen molar-refractivity contribution in [3.8, 4) is 0 Å². The van der Waals surface area contributed by atoms with E-state index in [1.54, 1.807) is 0 Å². The fraction of sp³-hybridized carbons (Fsp3) is 0.429. The standard InChI is InChI=1S/C14H20O2SSi/c1-18(2,3)11-13-9-10-14(17(13,15)16)12-7-5-4-6-8-12/h4-8,10,13H,9,11H2,1-3H3. The topological polar surface area (TPSA) is 34.1 Å². The van der Waals surface area contributed by atoms with Gasteiger partial charge in [0.25, 0.3) is 0 Å². The highest BCUT2D eigenvalue weighted by Gasteiger charge is 2.37. The molecular weight excluding hydrogens is 260 g/mol. The molecule has 0 amide bonds. The lowest BCUT2D eigenvalue weighted by Crippen LogP contribution is -2.29. The van der Waals surface area contributed by atoms with Gasteiger partial charge in [-0.25, -0.2) is 8.42 Å². The maximum absolute atomic E-state index is 12.5. The van der Waals surface area contributed by atoms with Crippen LogP contribution in [0.2, 0.25) is 25.7 Å². The Bertz CT molecular complexity index is 553. The number of benzene rings is 1. The molecule has 0 bridgehead atoms. The molecule has 1 aliphatic rings. The van der Waals surface area contributed by atoms with Crippen molar-refractivity contribution in [3.05, 3.63) is 42.0 Å². The summed E-state index contributed by atoms with van der Waals surface area (Å²) >= 11 is 0. The normalized spacial score (nSPS) is 22.8. The van der Waals surface area contributed by atoms with Gasteiger partial charge in [-0.3, -0.25) is 0 Å². The van der Waals surface area contributed by atoms with Gasteiger partial charge in [0.1, 0.15) is 0 Å². The van der Waals surface area contributed by atoms with Crippen LogP contribution >= 0.6 is 0 Å². The second-order valence-electron chi connectivity index (χ2n) is 6.10. The minimum absolute atomic E-state index is 0.195. The van der Waals surface area contributed by atoms with Crippen LogP contribution in [0.5, 0.6) is 0 Å². The summed E-state index contributed by atoms with van der Waals surface area (Å²) in [5.74, 6) is 0. The third-order valence-corrected chi connectivity index (χ3v) is 7.48. The Kier molecular flexibility index (Phi) is 3.51. The van der Waals surface area contributed by atoms with E-state index in [4.69, 9.17) is 0 Å². The fourth-order valence-electron chi connectivity index (χ4n) is 2.42. The van der Waals surface area contributed by atoms with Gasteiger partial charge < -0.3 is 0 Å². The van der Waals surface area contributed by atoms with E-state index in [9.17, 15) is 8.42 Å². The Balaban J connectivity index is 2.28. The Morgan fingerprint density at radius 2 is 1.78 bits per heavy atom. The summed E-state index contributed by atoms with van der Waals surface area (Å²) in [5.41, 5.74) is 0.829. The van der Waals surface area contributed by atoms with E-state index in [0.29, 0.717) is 11.3 Å². The molecule has 4 heteroatoms. The van der Waals surface area contributed by atoms with Gasteiger partial charge in [-0.05, 0) is 18.0 Å². The zero-order chi connectivity index (χ0) is 13.4. The van der Waals surface area contributed by atoms with Crippen LogP contribution in [0.1, 0.15) is 12.0 Å². The monoisotopic (exact) mass is 280 g/mol. The van der Waals surface area contributed by atoms with E-state index < -0.39 is 17.9 Å². The van der Waals surface area contributed by atoms with Gasteiger partial charge in [-0.2, -0.15) is 0 Å². The lowest BCUT2D eigenvalue weighted by Gasteiger charge is -2.21. The molecule has 0 aromatic heterocycles. The first-order valence-corrected chi connectivity index (χ1v) is 11.6. The lowest BCUT2D eigenvalue weighted by molar-refractivity contribution is 0.596. The fourth-order valence-corrected chi connectivity index (χ4v) is 7.83. The van der Waals surface area contributed by atoms with Crippen LogP contribution in [0, 0.1) is 0 Å². The van der Waals surface area contributed by atoms with Crippen LogP contribution in [0.15, 0.2) is 36.4 Å². The molecule has 18 heavy (non-hydrogen) atoms. The highest BCUT2D eigenvalue weighted by Crippen LogP contribution is 2.36. The van der Waals surface area contributed by atoms with Crippen molar-refractivity contribution in [2.24, 2.45) is 0 Å². The molecule has 1 unspecified atom stereocenters. The molecule has 2 nitrogen and oxygen atoms in total. The molecule has 1 aliphatic heterocycles. The highest BCUT2D eigenvalue weighted by atomic mass is 32.2. The SMILES string of the molecule is C[Si](C)(C)CC1CC=C(c2ccccc2)S1(=O)=O. The van der Waals surface area contributed by atoms with E-state index in [-0.39, 0.29) is 5.25 Å². The third kappa shape index (κ3) is 2.75. The van der Waals surface area contributed by atoms with Gasteiger partial charge in [0, 0.05) is 8.07 Å². The van der Waals surface area contributed by atoms with Gasteiger partial charge in [-0.15, -0.1) is 0 Å². The molecule has 1 aromatic rings. The molecule has 0 saturated carbocycles. The summed E-state index contributed by atoms with van der Waals surface area (Å²) in [6, 6.07) is 10.3. The minimum atomic E-state index is -3.12. The summed E-state index contributed by atoms with van der Waals surface area (Å²) in [6.07, 6.45) is 2.58. The first-order chi connectivity index (χ1) is 8.31. The van der Waals surface area contributed by atoms with Gasteiger partial charge >= 0.3 is 0 Å². The molecule has 1 atom stereocenters. The smallest absolute Gasteiger partial charge is 0.181 e. The molecule has 0 saturated heterocycles. The molecular formula is C14H20O2SSi. The molecule has 0 aliphatic carbocycles. The second kappa shape index (κ2) is 4.66. The first-order valence-electron chi connectivity index (χ1n) is 6.30. The summed E-state index contributed by atoms with van der Waals surface area (Å²) in [7, 11) is -4.47. The van der Waals surface area contributed by atoms with E-state index >= 15 is 0 Å². The predicted molar refractivity (Wildman–Crippen MR) is 79.9 cm³/mol. The van der Waals surface area contributed by atoms with Crippen LogP contribution in [-0.4, -0.2) is 21.7 Å². The van der Waals surface area contributed by atoms with Crippen molar-refractivity contribution in [2.45, 2.75) is 37.4 Å². The zero-order valence-corrected chi connectivity index (χ0v) is 13.0. The summed E-state index contributed by atoms with van der Waals surface area (Å²) in [5, 5.41) is -0.195. The molecule has 1 heterocycles. The number of allylic oxidation sites excluding steroid dienone is 1. The Hall–Kier alpha value is -0.873. The second-order valence-corrected chi connectivity index (χ2v) is 13.8. The number of hydrogen-bond donors (Lipinski definition) is 0. The molecule has 98 valence electrons. The Labute approximate surface area is 111 Å². The highest BCUT2D eigenvalue weighted by molar-refractivity contribution is 8.01. The zero-order valence-electron chi connectivity index (χ0n) is 11.2. The van der Waals surface area contributed by atoms with Crippen molar-refractivity contribution >= 4 is 22.8 Å². The average Bonchev–Trinajstić information content (AvgIpc) is 2.54. The molecule has 0 spiro atoms. The van der Waals surface area contributed by atoms with Crippen LogP contribution in [0.4, 0.5) is 0 Å².